The van der Waals surface area contributed by atoms with Crippen LogP contribution in [0.3, 0.4) is 0 Å². The summed E-state index contributed by atoms with van der Waals surface area (Å²) in [5.74, 6) is 0. The van der Waals surface area contributed by atoms with Crippen molar-refractivity contribution in [2.45, 2.75) is 30.9 Å². The summed E-state index contributed by atoms with van der Waals surface area (Å²) in [5, 5.41) is 5.61. The maximum Gasteiger partial charge on any atom is 0.487 e. The fraction of sp³-hybridized carbons (Fsp3) is 0.278. The molecule has 0 radical (unpaired) electrons. The average molecular weight is 343 g/mol. The zero-order valence-corrected chi connectivity index (χ0v) is 13.9. The van der Waals surface area contributed by atoms with Crippen LogP contribution < -0.4 is 10.6 Å². The number of para-hydroxylation sites is 1. The van der Waals surface area contributed by atoms with E-state index in [4.69, 9.17) is 4.74 Å². The van der Waals surface area contributed by atoms with Crippen molar-refractivity contribution in [2.24, 2.45) is 0 Å². The van der Waals surface area contributed by atoms with Gasteiger partial charge in [-0.15, -0.1) is 0 Å². The number of benzene rings is 2. The summed E-state index contributed by atoms with van der Waals surface area (Å²) in [6, 6.07) is 17.1. The summed E-state index contributed by atoms with van der Waals surface area (Å²) in [4.78, 5) is 12.1. The number of hydrogen-bond acceptors (Lipinski definition) is 4. The molecule has 0 aromatic heterocycles. The van der Waals surface area contributed by atoms with Gasteiger partial charge in [0, 0.05) is 9.90 Å². The molecule has 1 aliphatic heterocycles. The summed E-state index contributed by atoms with van der Waals surface area (Å²) in [6.45, 7) is 0.211. The molecule has 0 saturated carbocycles. The predicted molar refractivity (Wildman–Crippen MR) is 93.8 cm³/mol. The second-order valence-electron chi connectivity index (χ2n) is 5.67. The molecule has 0 saturated heterocycles. The fourth-order valence-electron chi connectivity index (χ4n) is 2.75. The van der Waals surface area contributed by atoms with E-state index in [1.54, 1.807) is 0 Å². The summed E-state index contributed by atoms with van der Waals surface area (Å²) in [7, 11) is 0. The number of alkyl carbamates (subject to hydrolysis) is 1. The first-order valence-corrected chi connectivity index (χ1v) is 8.67. The van der Waals surface area contributed by atoms with Crippen LogP contribution in [0.2, 0.25) is 0 Å². The number of hydrogen-bond donors (Lipinski definition) is 2. The third kappa shape index (κ3) is 4.08. The van der Waals surface area contributed by atoms with Crippen molar-refractivity contribution < 1.29 is 13.7 Å². The van der Waals surface area contributed by atoms with Crippen LogP contribution in [0, 0.1) is 0 Å². The van der Waals surface area contributed by atoms with Gasteiger partial charge in [0.25, 0.3) is 0 Å². The van der Waals surface area contributed by atoms with Crippen LogP contribution in [0.25, 0.3) is 0 Å². The smallest absolute Gasteiger partial charge is 0.445 e. The number of fused-ring (bicyclic) bond motifs is 1. The highest BCUT2D eigenvalue weighted by atomic mass is 32.1. The molecule has 2 atom stereocenters. The molecule has 1 unspecified atom stereocenters. The number of carbonyl (C=O) groups excluding carboxylic acids is 1. The summed E-state index contributed by atoms with van der Waals surface area (Å²) >= 11 is 0.456. The minimum Gasteiger partial charge on any atom is -0.445 e. The van der Waals surface area contributed by atoms with Crippen molar-refractivity contribution in [3.8, 4) is 0 Å². The number of ether oxygens (including phenoxy) is 1. The minimum absolute atomic E-state index is 0.211. The first-order valence-electron chi connectivity index (χ1n) is 7.86. The highest BCUT2D eigenvalue weighted by molar-refractivity contribution is 7.66. The Morgan fingerprint density at radius 2 is 1.92 bits per heavy atom. The number of aryl methyl sites for hydroxylation is 1. The van der Waals surface area contributed by atoms with Crippen LogP contribution in [0.1, 0.15) is 17.5 Å². The van der Waals surface area contributed by atoms with E-state index in [0.717, 1.165) is 23.2 Å². The number of anilines is 1. The van der Waals surface area contributed by atoms with E-state index in [-0.39, 0.29) is 12.6 Å². The van der Waals surface area contributed by atoms with Crippen LogP contribution in [-0.4, -0.2) is 17.5 Å². The number of amides is 1. The lowest BCUT2D eigenvalue weighted by Gasteiger charge is -2.16. The van der Waals surface area contributed by atoms with Gasteiger partial charge >= 0.3 is 23.1 Å². The standard InChI is InChI=1S/C18H18N2O3S/c21-18(23-12-13-6-2-1-3-7-13)20-16-11-10-14-8-4-5-9-15(14)19-17(16)24-22/h1-9,16-17,19H,10-12H2/p+1/t16-,17?/m0/s1. The Bertz CT molecular complexity index is 708. The van der Waals surface area contributed by atoms with E-state index in [1.165, 1.54) is 0 Å². The Kier molecular flexibility index (Phi) is 5.38. The van der Waals surface area contributed by atoms with Gasteiger partial charge in [-0.3, -0.25) is 0 Å². The number of carbonyl (C=O) groups is 1. The van der Waals surface area contributed by atoms with Gasteiger partial charge in [0.1, 0.15) is 12.6 Å². The zero-order valence-electron chi connectivity index (χ0n) is 13.1. The van der Waals surface area contributed by atoms with Gasteiger partial charge in [0.15, 0.2) is 0 Å². The van der Waals surface area contributed by atoms with Crippen LogP contribution >= 0.6 is 0 Å². The topological polar surface area (TPSA) is 67.4 Å². The number of nitrogens with one attached hydrogen (secondary N) is 2. The maximum absolute atomic E-state index is 12.1. The van der Waals surface area contributed by atoms with Crippen LogP contribution in [0.15, 0.2) is 54.6 Å². The maximum atomic E-state index is 12.1. The monoisotopic (exact) mass is 343 g/mol. The molecule has 0 aliphatic carbocycles. The first kappa shape index (κ1) is 16.4. The van der Waals surface area contributed by atoms with Crippen LogP contribution in [-0.2, 0) is 33.6 Å². The van der Waals surface area contributed by atoms with Crippen molar-refractivity contribution in [3.05, 3.63) is 65.7 Å². The van der Waals surface area contributed by atoms with E-state index in [1.807, 2.05) is 54.6 Å². The lowest BCUT2D eigenvalue weighted by atomic mass is 10.1. The summed E-state index contributed by atoms with van der Waals surface area (Å²) < 4.78 is 16.7. The van der Waals surface area contributed by atoms with Gasteiger partial charge in [-0.05, 0) is 30.0 Å². The van der Waals surface area contributed by atoms with E-state index in [0.29, 0.717) is 18.1 Å². The molecule has 0 spiro atoms. The van der Waals surface area contributed by atoms with Crippen molar-refractivity contribution >= 4 is 23.4 Å². The van der Waals surface area contributed by atoms with Crippen molar-refractivity contribution in [1.82, 2.24) is 5.32 Å². The van der Waals surface area contributed by atoms with E-state index < -0.39 is 11.5 Å². The van der Waals surface area contributed by atoms with Crippen LogP contribution in [0.5, 0.6) is 0 Å². The third-order valence-electron chi connectivity index (χ3n) is 4.02. The van der Waals surface area contributed by atoms with E-state index in [9.17, 15) is 9.00 Å². The lowest BCUT2D eigenvalue weighted by molar-refractivity contribution is 0.135. The van der Waals surface area contributed by atoms with Gasteiger partial charge in [-0.2, -0.15) is 0 Å². The Balaban J connectivity index is 1.59. The molecule has 24 heavy (non-hydrogen) atoms. The molecule has 3 rings (SSSR count). The van der Waals surface area contributed by atoms with Crippen molar-refractivity contribution in [3.63, 3.8) is 0 Å². The van der Waals surface area contributed by atoms with Gasteiger partial charge in [-0.25, -0.2) is 4.79 Å². The Morgan fingerprint density at radius 3 is 2.71 bits per heavy atom. The molecule has 6 heteroatoms. The molecule has 1 heterocycles. The van der Waals surface area contributed by atoms with Gasteiger partial charge < -0.3 is 15.4 Å². The molecule has 1 aliphatic rings. The predicted octanol–water partition coefficient (Wildman–Crippen LogP) is 3.09. The normalized spacial score (nSPS) is 19.3. The zero-order chi connectivity index (χ0) is 16.8. The molecular formula is C18H19N2O3S+. The molecule has 124 valence electrons. The SMILES string of the molecule is O=[S+]C1Nc2ccccc2CC[C@@H]1NC(=O)OCc1ccccc1. The first-order chi connectivity index (χ1) is 11.8. The molecule has 0 bridgehead atoms. The minimum atomic E-state index is -0.504. The Labute approximate surface area is 144 Å². The van der Waals surface area contributed by atoms with Gasteiger partial charge in [0.2, 0.25) is 0 Å². The molecule has 0 fully saturated rings. The Hall–Kier alpha value is -2.47. The summed E-state index contributed by atoms with van der Waals surface area (Å²) in [6.07, 6.45) is 0.976. The van der Waals surface area contributed by atoms with Gasteiger partial charge in [0.05, 0.1) is 0 Å². The quantitative estimate of drug-likeness (QED) is 0.837. The molecule has 2 aromatic rings. The largest absolute Gasteiger partial charge is 0.487 e. The highest BCUT2D eigenvalue weighted by Crippen LogP contribution is 2.24. The van der Waals surface area contributed by atoms with E-state index in [2.05, 4.69) is 10.6 Å². The molecular weight excluding hydrogens is 324 g/mol. The van der Waals surface area contributed by atoms with Gasteiger partial charge in [-0.1, -0.05) is 48.5 Å². The molecule has 5 nitrogen and oxygen atoms in total. The average Bonchev–Trinajstić information content (AvgIpc) is 2.80. The number of rotatable bonds is 4. The van der Waals surface area contributed by atoms with Crippen LogP contribution in [0.4, 0.5) is 10.5 Å². The fourth-order valence-corrected chi connectivity index (χ4v) is 3.26. The summed E-state index contributed by atoms with van der Waals surface area (Å²) in [5.41, 5.74) is 3.03. The van der Waals surface area contributed by atoms with Crippen molar-refractivity contribution in [1.29, 1.82) is 0 Å². The highest BCUT2D eigenvalue weighted by Gasteiger charge is 2.36. The second-order valence-corrected chi connectivity index (χ2v) is 6.37. The van der Waals surface area contributed by atoms with E-state index >= 15 is 0 Å². The second kappa shape index (κ2) is 7.88. The molecule has 1 amide bonds. The molecule has 2 N–H and O–H groups in total. The Morgan fingerprint density at radius 1 is 1.17 bits per heavy atom. The third-order valence-corrected chi connectivity index (χ3v) is 4.68. The lowest BCUT2D eigenvalue weighted by Crippen LogP contribution is -2.46. The van der Waals surface area contributed by atoms with Crippen molar-refractivity contribution in [2.75, 3.05) is 5.32 Å². The molecule has 2 aromatic carbocycles.